The summed E-state index contributed by atoms with van der Waals surface area (Å²) in [6.45, 7) is 8.26. The van der Waals surface area contributed by atoms with Crippen molar-refractivity contribution in [1.29, 1.82) is 0 Å². The van der Waals surface area contributed by atoms with Crippen LogP contribution in [0.3, 0.4) is 0 Å². The highest BCUT2D eigenvalue weighted by Gasteiger charge is 2.28. The van der Waals surface area contributed by atoms with Crippen LogP contribution in [0.15, 0.2) is 29.2 Å². The zero-order valence-corrected chi connectivity index (χ0v) is 19.6. The molecule has 0 unspecified atom stereocenters. The zero-order valence-electron chi connectivity index (χ0n) is 18.0. The summed E-state index contributed by atoms with van der Waals surface area (Å²) in [4.78, 5) is 37.7. The molecule has 0 fully saturated rings. The van der Waals surface area contributed by atoms with Crippen molar-refractivity contribution >= 4 is 44.0 Å². The van der Waals surface area contributed by atoms with E-state index < -0.39 is 32.9 Å². The Morgan fingerprint density at radius 3 is 2.26 bits per heavy atom. The molecule has 0 bridgehead atoms. The monoisotopic (exact) mass is 467 g/mol. The first-order valence-corrected chi connectivity index (χ1v) is 12.0. The van der Waals surface area contributed by atoms with E-state index in [-0.39, 0.29) is 39.1 Å². The Morgan fingerprint density at radius 1 is 1.06 bits per heavy atom. The molecule has 0 spiro atoms. The average Bonchev–Trinajstić information content (AvgIpc) is 3.04. The topological polar surface area (TPSA) is 116 Å². The number of hydrogen-bond acceptors (Lipinski definition) is 8. The summed E-state index contributed by atoms with van der Waals surface area (Å²) in [5, 5.41) is 2.09. The molecule has 1 N–H and O–H groups in total. The molecule has 8 nitrogen and oxygen atoms in total. The minimum atomic E-state index is -3.57. The Labute approximate surface area is 185 Å². The van der Waals surface area contributed by atoms with Crippen LogP contribution in [0.1, 0.15) is 63.6 Å². The molecular formula is C21H25NO7S2. The Hall–Kier alpha value is -2.72. The lowest BCUT2D eigenvalue weighted by Crippen LogP contribution is -2.17. The summed E-state index contributed by atoms with van der Waals surface area (Å²) < 4.78 is 34.9. The molecule has 1 heterocycles. The first-order chi connectivity index (χ1) is 14.5. The van der Waals surface area contributed by atoms with E-state index in [0.717, 1.165) is 11.3 Å². The van der Waals surface area contributed by atoms with E-state index in [1.165, 1.54) is 24.3 Å². The van der Waals surface area contributed by atoms with Gasteiger partial charge in [-0.15, -0.1) is 11.3 Å². The third-order valence-corrected chi connectivity index (χ3v) is 7.70. The van der Waals surface area contributed by atoms with Gasteiger partial charge in [0, 0.05) is 5.56 Å². The number of thiophene rings is 1. The molecule has 10 heteroatoms. The highest BCUT2D eigenvalue weighted by atomic mass is 32.2. The van der Waals surface area contributed by atoms with Crippen molar-refractivity contribution in [3.05, 3.63) is 45.8 Å². The number of nitrogens with one attached hydrogen (secondary N) is 1. The maximum atomic E-state index is 12.8. The summed E-state index contributed by atoms with van der Waals surface area (Å²) in [5.74, 6) is -1.91. The molecule has 0 aliphatic heterocycles. The predicted octanol–water partition coefficient (Wildman–Crippen LogP) is 3.84. The van der Waals surface area contributed by atoms with Gasteiger partial charge < -0.3 is 14.8 Å². The maximum absolute atomic E-state index is 12.8. The van der Waals surface area contributed by atoms with Gasteiger partial charge in [-0.2, -0.15) is 0 Å². The number of benzene rings is 1. The zero-order chi connectivity index (χ0) is 23.3. The Balaban J connectivity index is 2.46. The number of ether oxygens (including phenoxy) is 2. The van der Waals surface area contributed by atoms with Crippen LogP contribution >= 0.6 is 11.3 Å². The van der Waals surface area contributed by atoms with Gasteiger partial charge in [0.25, 0.3) is 5.91 Å². The van der Waals surface area contributed by atoms with Crippen LogP contribution in [0.4, 0.5) is 5.00 Å². The van der Waals surface area contributed by atoms with Crippen molar-refractivity contribution in [3.63, 3.8) is 0 Å². The lowest BCUT2D eigenvalue weighted by Gasteiger charge is -2.10. The van der Waals surface area contributed by atoms with Crippen molar-refractivity contribution in [2.75, 3.05) is 18.5 Å². The van der Waals surface area contributed by atoms with Crippen LogP contribution in [0.2, 0.25) is 0 Å². The van der Waals surface area contributed by atoms with E-state index in [9.17, 15) is 22.8 Å². The Morgan fingerprint density at radius 2 is 1.68 bits per heavy atom. The molecule has 1 aromatic heterocycles. The molecule has 1 amide bonds. The average molecular weight is 468 g/mol. The van der Waals surface area contributed by atoms with Crippen LogP contribution in [-0.4, -0.2) is 44.7 Å². The standard InChI is InChI=1S/C21H25NO7S2/c1-6-28-20(24)16-13(5)17(21(25)29-7-2)30-19(16)22-18(23)14-9-8-10-15(11-14)31(26,27)12(3)4/h8-12H,6-7H2,1-5H3,(H,22,23). The van der Waals surface area contributed by atoms with Crippen LogP contribution in [0.5, 0.6) is 0 Å². The van der Waals surface area contributed by atoms with Gasteiger partial charge in [0.2, 0.25) is 0 Å². The number of sulfone groups is 1. The number of amides is 1. The van der Waals surface area contributed by atoms with E-state index in [1.54, 1.807) is 34.6 Å². The molecule has 0 radical (unpaired) electrons. The molecule has 1 aromatic carbocycles. The van der Waals surface area contributed by atoms with Crippen LogP contribution in [0, 0.1) is 6.92 Å². The lowest BCUT2D eigenvalue weighted by molar-refractivity contribution is 0.0527. The first-order valence-electron chi connectivity index (χ1n) is 9.67. The van der Waals surface area contributed by atoms with Gasteiger partial charge >= 0.3 is 11.9 Å². The minimum absolute atomic E-state index is 0.0235. The van der Waals surface area contributed by atoms with Crippen molar-refractivity contribution in [1.82, 2.24) is 0 Å². The second-order valence-electron chi connectivity index (χ2n) is 6.78. The summed E-state index contributed by atoms with van der Waals surface area (Å²) in [6, 6.07) is 5.64. The summed E-state index contributed by atoms with van der Waals surface area (Å²) in [5.41, 5.74) is 0.503. The van der Waals surface area contributed by atoms with Crippen molar-refractivity contribution in [3.8, 4) is 0 Å². The molecular weight excluding hydrogens is 442 g/mol. The van der Waals surface area contributed by atoms with Gasteiger partial charge in [-0.05, 0) is 58.4 Å². The minimum Gasteiger partial charge on any atom is -0.462 e. The number of esters is 2. The number of carbonyl (C=O) groups excluding carboxylic acids is 3. The van der Waals surface area contributed by atoms with E-state index in [0.29, 0.717) is 5.56 Å². The van der Waals surface area contributed by atoms with E-state index >= 15 is 0 Å². The largest absolute Gasteiger partial charge is 0.462 e. The van der Waals surface area contributed by atoms with Crippen LogP contribution < -0.4 is 5.32 Å². The molecule has 0 aliphatic carbocycles. The van der Waals surface area contributed by atoms with Crippen molar-refractivity contribution in [2.24, 2.45) is 0 Å². The van der Waals surface area contributed by atoms with Gasteiger partial charge in [0.1, 0.15) is 9.88 Å². The molecule has 0 aliphatic rings. The molecule has 0 saturated heterocycles. The highest BCUT2D eigenvalue weighted by molar-refractivity contribution is 7.92. The van der Waals surface area contributed by atoms with Crippen LogP contribution in [-0.2, 0) is 19.3 Å². The van der Waals surface area contributed by atoms with Crippen LogP contribution in [0.25, 0.3) is 0 Å². The smallest absolute Gasteiger partial charge is 0.348 e. The molecule has 31 heavy (non-hydrogen) atoms. The third kappa shape index (κ3) is 5.31. The maximum Gasteiger partial charge on any atom is 0.348 e. The normalized spacial score (nSPS) is 11.3. The predicted molar refractivity (Wildman–Crippen MR) is 118 cm³/mol. The van der Waals surface area contributed by atoms with Crippen molar-refractivity contribution < 1.29 is 32.3 Å². The fourth-order valence-corrected chi connectivity index (χ4v) is 4.89. The van der Waals surface area contributed by atoms with Crippen molar-refractivity contribution in [2.45, 2.75) is 44.8 Å². The van der Waals surface area contributed by atoms with E-state index in [4.69, 9.17) is 9.47 Å². The van der Waals surface area contributed by atoms with E-state index in [2.05, 4.69) is 5.32 Å². The van der Waals surface area contributed by atoms with Gasteiger partial charge in [-0.25, -0.2) is 18.0 Å². The third-order valence-electron chi connectivity index (χ3n) is 4.36. The van der Waals surface area contributed by atoms with Gasteiger partial charge in [0.15, 0.2) is 9.84 Å². The second-order valence-corrected chi connectivity index (χ2v) is 10.3. The Bertz CT molecular complexity index is 1100. The summed E-state index contributed by atoms with van der Waals surface area (Å²) in [7, 11) is -3.57. The van der Waals surface area contributed by atoms with Gasteiger partial charge in [-0.3, -0.25) is 4.79 Å². The fraction of sp³-hybridized carbons (Fsp3) is 0.381. The molecule has 0 saturated carbocycles. The lowest BCUT2D eigenvalue weighted by atomic mass is 10.1. The molecule has 168 valence electrons. The summed E-state index contributed by atoms with van der Waals surface area (Å²) in [6.07, 6.45) is 0. The summed E-state index contributed by atoms with van der Waals surface area (Å²) >= 11 is 0.900. The van der Waals surface area contributed by atoms with Gasteiger partial charge in [0.05, 0.1) is 28.9 Å². The number of rotatable bonds is 8. The molecule has 0 atom stereocenters. The molecule has 2 aromatic rings. The highest BCUT2D eigenvalue weighted by Crippen LogP contribution is 2.34. The SMILES string of the molecule is CCOC(=O)c1sc(NC(=O)c2cccc(S(=O)(=O)C(C)C)c2)c(C(=O)OCC)c1C. The van der Waals surface area contributed by atoms with Gasteiger partial charge in [-0.1, -0.05) is 6.07 Å². The first kappa shape index (κ1) is 24.5. The fourth-order valence-electron chi connectivity index (χ4n) is 2.70. The quantitative estimate of drug-likeness (QED) is 0.586. The number of carbonyl (C=O) groups is 3. The number of hydrogen-bond donors (Lipinski definition) is 1. The second kappa shape index (κ2) is 10.1. The molecule has 2 rings (SSSR count). The van der Waals surface area contributed by atoms with E-state index in [1.807, 2.05) is 0 Å². The number of anilines is 1. The Kier molecular flexibility index (Phi) is 7.96.